The summed E-state index contributed by atoms with van der Waals surface area (Å²) in [7, 11) is -1.84. The topological polar surface area (TPSA) is 63.4 Å². The zero-order valence-electron chi connectivity index (χ0n) is 10.8. The number of hydrogen-bond donors (Lipinski definition) is 1. The number of hydrogen-bond acceptors (Lipinski definition) is 3. The lowest BCUT2D eigenvalue weighted by atomic mass is 10.1. The Labute approximate surface area is 114 Å². The Bertz CT molecular complexity index is 522. The molecule has 0 saturated carbocycles. The number of thiocarbonyl (C=S) groups is 1. The molecule has 4 nitrogen and oxygen atoms in total. The van der Waals surface area contributed by atoms with E-state index in [4.69, 9.17) is 18.0 Å². The fraction of sp³-hybridized carbons (Fsp3) is 0.417. The van der Waals surface area contributed by atoms with Gasteiger partial charge in [0.1, 0.15) is 0 Å². The molecule has 0 unspecified atom stereocenters. The lowest BCUT2D eigenvalue weighted by Crippen LogP contribution is -2.33. The standard InChI is InChI=1S/C12H18N2O2S2/c1-9(2)14(3)18(15,16)11-6-4-10(5-7-11)8-12(13)17/h4-7,9H,8H2,1-3H3,(H2,13,17). The van der Waals surface area contributed by atoms with Gasteiger partial charge in [-0.05, 0) is 31.5 Å². The monoisotopic (exact) mass is 286 g/mol. The Morgan fingerprint density at radius 2 is 1.83 bits per heavy atom. The van der Waals surface area contributed by atoms with Crippen molar-refractivity contribution in [3.8, 4) is 0 Å². The van der Waals surface area contributed by atoms with E-state index < -0.39 is 10.0 Å². The highest BCUT2D eigenvalue weighted by Crippen LogP contribution is 2.17. The summed E-state index contributed by atoms with van der Waals surface area (Å²) >= 11 is 4.81. The Morgan fingerprint density at radius 1 is 1.33 bits per heavy atom. The molecule has 0 heterocycles. The van der Waals surface area contributed by atoms with E-state index in [-0.39, 0.29) is 10.9 Å². The van der Waals surface area contributed by atoms with Crippen LogP contribution < -0.4 is 5.73 Å². The summed E-state index contributed by atoms with van der Waals surface area (Å²) < 4.78 is 25.7. The first-order valence-electron chi connectivity index (χ1n) is 5.60. The molecule has 18 heavy (non-hydrogen) atoms. The van der Waals surface area contributed by atoms with Gasteiger partial charge in [-0.3, -0.25) is 0 Å². The molecular formula is C12H18N2O2S2. The predicted molar refractivity (Wildman–Crippen MR) is 77.0 cm³/mol. The van der Waals surface area contributed by atoms with Crippen molar-refractivity contribution in [2.75, 3.05) is 7.05 Å². The molecule has 0 saturated heterocycles. The Hall–Kier alpha value is -0.980. The lowest BCUT2D eigenvalue weighted by Gasteiger charge is -2.21. The maximum atomic E-state index is 12.2. The third-order valence-electron chi connectivity index (χ3n) is 2.71. The van der Waals surface area contributed by atoms with Crippen molar-refractivity contribution in [3.63, 3.8) is 0 Å². The summed E-state index contributed by atoms with van der Waals surface area (Å²) in [6.45, 7) is 3.66. The molecule has 0 aliphatic heterocycles. The van der Waals surface area contributed by atoms with Crippen LogP contribution in [0.2, 0.25) is 0 Å². The average Bonchev–Trinajstić information content (AvgIpc) is 2.27. The Morgan fingerprint density at radius 3 is 2.22 bits per heavy atom. The van der Waals surface area contributed by atoms with Crippen LogP contribution in [0.15, 0.2) is 29.2 Å². The number of sulfonamides is 1. The van der Waals surface area contributed by atoms with Gasteiger partial charge in [0.25, 0.3) is 0 Å². The number of nitrogens with zero attached hydrogens (tertiary/aromatic N) is 1. The maximum absolute atomic E-state index is 12.2. The van der Waals surface area contributed by atoms with E-state index in [0.717, 1.165) is 5.56 Å². The molecule has 0 fully saturated rings. The average molecular weight is 286 g/mol. The number of nitrogens with two attached hydrogens (primary N) is 1. The Balaban J connectivity index is 3.01. The van der Waals surface area contributed by atoms with Crippen molar-refractivity contribution in [1.29, 1.82) is 0 Å². The van der Waals surface area contributed by atoms with Gasteiger partial charge in [-0.25, -0.2) is 8.42 Å². The van der Waals surface area contributed by atoms with Crippen LogP contribution in [-0.4, -0.2) is 30.8 Å². The molecule has 0 aliphatic carbocycles. The third-order valence-corrected chi connectivity index (χ3v) is 4.90. The third kappa shape index (κ3) is 3.51. The van der Waals surface area contributed by atoms with Crippen molar-refractivity contribution >= 4 is 27.2 Å². The minimum absolute atomic E-state index is 0.0775. The van der Waals surface area contributed by atoms with Crippen molar-refractivity contribution in [2.45, 2.75) is 31.2 Å². The van der Waals surface area contributed by atoms with E-state index >= 15 is 0 Å². The number of rotatable bonds is 5. The molecule has 0 bridgehead atoms. The normalized spacial score (nSPS) is 12.1. The van der Waals surface area contributed by atoms with E-state index in [9.17, 15) is 8.42 Å². The van der Waals surface area contributed by atoms with Crippen LogP contribution in [-0.2, 0) is 16.4 Å². The summed E-state index contributed by atoms with van der Waals surface area (Å²) in [5, 5.41) is 0. The van der Waals surface area contributed by atoms with Crippen molar-refractivity contribution in [1.82, 2.24) is 4.31 Å². The first-order valence-corrected chi connectivity index (χ1v) is 7.45. The summed E-state index contributed by atoms with van der Waals surface area (Å²) in [6, 6.07) is 6.57. The maximum Gasteiger partial charge on any atom is 0.243 e. The minimum atomic E-state index is -3.41. The van der Waals surface area contributed by atoms with E-state index in [2.05, 4.69) is 0 Å². The van der Waals surface area contributed by atoms with Crippen LogP contribution in [0.5, 0.6) is 0 Å². The van der Waals surface area contributed by atoms with Gasteiger partial charge in [0, 0.05) is 19.5 Å². The fourth-order valence-corrected chi connectivity index (χ4v) is 2.96. The van der Waals surface area contributed by atoms with Gasteiger partial charge in [0.15, 0.2) is 0 Å². The van der Waals surface area contributed by atoms with Gasteiger partial charge in [0.2, 0.25) is 10.0 Å². The second-order valence-electron chi connectivity index (χ2n) is 4.40. The first-order chi connectivity index (χ1) is 8.25. The van der Waals surface area contributed by atoms with E-state index in [1.807, 2.05) is 13.8 Å². The fourth-order valence-electron chi connectivity index (χ4n) is 1.42. The molecule has 1 aromatic rings. The molecule has 0 spiro atoms. The number of benzene rings is 1. The van der Waals surface area contributed by atoms with Crippen molar-refractivity contribution in [3.05, 3.63) is 29.8 Å². The zero-order valence-corrected chi connectivity index (χ0v) is 12.4. The molecule has 100 valence electrons. The highest BCUT2D eigenvalue weighted by molar-refractivity contribution is 7.89. The molecule has 1 rings (SSSR count). The van der Waals surface area contributed by atoms with Crippen molar-refractivity contribution in [2.24, 2.45) is 5.73 Å². The lowest BCUT2D eigenvalue weighted by molar-refractivity contribution is 0.410. The largest absolute Gasteiger partial charge is 0.393 e. The second kappa shape index (κ2) is 5.77. The molecule has 0 amide bonds. The highest BCUT2D eigenvalue weighted by atomic mass is 32.2. The van der Waals surface area contributed by atoms with Crippen LogP contribution in [0.1, 0.15) is 19.4 Å². The highest BCUT2D eigenvalue weighted by Gasteiger charge is 2.22. The van der Waals surface area contributed by atoms with Gasteiger partial charge < -0.3 is 5.73 Å². The van der Waals surface area contributed by atoms with Crippen LogP contribution in [0.3, 0.4) is 0 Å². The van der Waals surface area contributed by atoms with Gasteiger partial charge in [0.05, 0.1) is 9.88 Å². The van der Waals surface area contributed by atoms with Gasteiger partial charge >= 0.3 is 0 Å². The predicted octanol–water partition coefficient (Wildman–Crippen LogP) is 1.54. The molecule has 6 heteroatoms. The molecule has 0 aromatic heterocycles. The summed E-state index contributed by atoms with van der Waals surface area (Å²) in [4.78, 5) is 0.676. The summed E-state index contributed by atoms with van der Waals surface area (Å²) in [5.41, 5.74) is 6.35. The quantitative estimate of drug-likeness (QED) is 0.834. The van der Waals surface area contributed by atoms with E-state index in [0.29, 0.717) is 11.4 Å². The second-order valence-corrected chi connectivity index (χ2v) is 6.92. The van der Waals surface area contributed by atoms with Crippen molar-refractivity contribution < 1.29 is 8.42 Å². The molecule has 2 N–H and O–H groups in total. The van der Waals surface area contributed by atoms with Crippen LogP contribution in [0.25, 0.3) is 0 Å². The minimum Gasteiger partial charge on any atom is -0.393 e. The van der Waals surface area contributed by atoms with Crippen LogP contribution in [0, 0.1) is 0 Å². The zero-order chi connectivity index (χ0) is 13.9. The molecule has 0 aliphatic rings. The Kier molecular flexibility index (Phi) is 4.84. The van der Waals surface area contributed by atoms with Gasteiger partial charge in [-0.15, -0.1) is 0 Å². The molecule has 1 aromatic carbocycles. The summed E-state index contributed by atoms with van der Waals surface area (Å²) in [6.07, 6.45) is 0.482. The van der Waals surface area contributed by atoms with E-state index in [1.54, 1.807) is 31.3 Å². The van der Waals surface area contributed by atoms with Crippen LogP contribution >= 0.6 is 12.2 Å². The van der Waals surface area contributed by atoms with Gasteiger partial charge in [-0.1, -0.05) is 24.4 Å². The molecule has 0 radical (unpaired) electrons. The molecule has 0 atom stereocenters. The van der Waals surface area contributed by atoms with Crippen LogP contribution in [0.4, 0.5) is 0 Å². The SMILES string of the molecule is CC(C)N(C)S(=O)(=O)c1ccc(CC(N)=S)cc1. The van der Waals surface area contributed by atoms with Gasteiger partial charge in [-0.2, -0.15) is 4.31 Å². The first kappa shape index (κ1) is 15.1. The smallest absolute Gasteiger partial charge is 0.243 e. The molecular weight excluding hydrogens is 268 g/mol. The summed E-state index contributed by atoms with van der Waals surface area (Å²) in [5.74, 6) is 0. The van der Waals surface area contributed by atoms with E-state index in [1.165, 1.54) is 4.31 Å².